The molecule has 1 aliphatic rings. The average Bonchev–Trinajstić information content (AvgIpc) is 2.62. The Kier molecular flexibility index (Phi) is 5.92. The standard InChI is InChI=1S/C20H20Cl2N2O3/c1-13-11-23(19(25)10-20(26)27)12-18(14-2-4-15(21)5-3-14)24(13)17-8-6-16(22)7-9-17/h2-9,13,18H,10-12H2,1H3,(H,26,27)/t13-,18?/m0/s1. The number of aliphatic carboxylic acids is 1. The van der Waals surface area contributed by atoms with Gasteiger partial charge < -0.3 is 14.9 Å². The number of carboxylic acids is 1. The van der Waals surface area contributed by atoms with Crippen LogP contribution in [-0.2, 0) is 9.59 Å². The van der Waals surface area contributed by atoms with E-state index in [0.717, 1.165) is 11.3 Å². The van der Waals surface area contributed by atoms with E-state index in [9.17, 15) is 9.59 Å². The van der Waals surface area contributed by atoms with Crippen molar-refractivity contribution in [3.63, 3.8) is 0 Å². The lowest BCUT2D eigenvalue weighted by atomic mass is 9.97. The summed E-state index contributed by atoms with van der Waals surface area (Å²) in [5, 5.41) is 10.3. The molecule has 0 saturated carbocycles. The molecule has 1 saturated heterocycles. The molecule has 5 nitrogen and oxygen atoms in total. The molecule has 2 aromatic carbocycles. The van der Waals surface area contributed by atoms with E-state index in [0.29, 0.717) is 23.1 Å². The molecule has 0 spiro atoms. The highest BCUT2D eigenvalue weighted by atomic mass is 35.5. The number of piperazine rings is 1. The lowest BCUT2D eigenvalue weighted by Gasteiger charge is -2.47. The molecule has 0 aliphatic carbocycles. The van der Waals surface area contributed by atoms with Gasteiger partial charge in [-0.1, -0.05) is 35.3 Å². The number of hydrogen-bond acceptors (Lipinski definition) is 3. The predicted molar refractivity (Wildman–Crippen MR) is 106 cm³/mol. The van der Waals surface area contributed by atoms with Crippen LogP contribution in [0.1, 0.15) is 24.9 Å². The number of halogens is 2. The van der Waals surface area contributed by atoms with Gasteiger partial charge in [-0.25, -0.2) is 0 Å². The van der Waals surface area contributed by atoms with Crippen LogP contribution in [0.2, 0.25) is 10.0 Å². The van der Waals surface area contributed by atoms with Crippen molar-refractivity contribution in [3.8, 4) is 0 Å². The number of carbonyl (C=O) groups excluding carboxylic acids is 1. The van der Waals surface area contributed by atoms with Crippen molar-refractivity contribution < 1.29 is 14.7 Å². The van der Waals surface area contributed by atoms with Crippen LogP contribution < -0.4 is 4.90 Å². The molecule has 142 valence electrons. The van der Waals surface area contributed by atoms with E-state index in [1.54, 1.807) is 4.90 Å². The highest BCUT2D eigenvalue weighted by Gasteiger charge is 2.35. The molecule has 0 aromatic heterocycles. The molecule has 1 N–H and O–H groups in total. The van der Waals surface area contributed by atoms with Gasteiger partial charge in [-0.15, -0.1) is 0 Å². The molecule has 27 heavy (non-hydrogen) atoms. The third-order valence-corrected chi connectivity index (χ3v) is 5.23. The Hall–Kier alpha value is -2.24. The van der Waals surface area contributed by atoms with Crippen LogP contribution in [0.25, 0.3) is 0 Å². The molecule has 1 aliphatic heterocycles. The molecular weight excluding hydrogens is 387 g/mol. The molecule has 0 bridgehead atoms. The summed E-state index contributed by atoms with van der Waals surface area (Å²) < 4.78 is 0. The highest BCUT2D eigenvalue weighted by molar-refractivity contribution is 6.30. The number of anilines is 1. The minimum atomic E-state index is -1.11. The molecule has 2 aromatic rings. The lowest BCUT2D eigenvalue weighted by Crippen LogP contribution is -2.55. The number of hydrogen-bond donors (Lipinski definition) is 1. The fourth-order valence-corrected chi connectivity index (χ4v) is 3.78. The quantitative estimate of drug-likeness (QED) is 0.770. The van der Waals surface area contributed by atoms with Gasteiger partial charge in [0, 0.05) is 34.9 Å². The second kappa shape index (κ2) is 8.19. The zero-order valence-electron chi connectivity index (χ0n) is 14.8. The molecule has 3 rings (SSSR count). The summed E-state index contributed by atoms with van der Waals surface area (Å²) >= 11 is 12.1. The molecule has 7 heteroatoms. The monoisotopic (exact) mass is 406 g/mol. The van der Waals surface area contributed by atoms with Crippen molar-refractivity contribution in [2.75, 3.05) is 18.0 Å². The Balaban J connectivity index is 1.96. The van der Waals surface area contributed by atoms with Crippen molar-refractivity contribution in [3.05, 3.63) is 64.1 Å². The van der Waals surface area contributed by atoms with Gasteiger partial charge in [-0.05, 0) is 48.9 Å². The van der Waals surface area contributed by atoms with Crippen LogP contribution in [0.15, 0.2) is 48.5 Å². The Bertz CT molecular complexity index is 824. The second-order valence-corrected chi connectivity index (χ2v) is 7.54. The van der Waals surface area contributed by atoms with Gasteiger partial charge in [-0.3, -0.25) is 9.59 Å². The van der Waals surface area contributed by atoms with Gasteiger partial charge in [0.1, 0.15) is 6.42 Å². The first-order valence-corrected chi connectivity index (χ1v) is 9.39. The predicted octanol–water partition coefficient (Wildman–Crippen LogP) is 4.25. The van der Waals surface area contributed by atoms with Gasteiger partial charge >= 0.3 is 5.97 Å². The first-order chi connectivity index (χ1) is 12.8. The van der Waals surface area contributed by atoms with E-state index in [1.165, 1.54) is 0 Å². The van der Waals surface area contributed by atoms with Gasteiger partial charge in [0.15, 0.2) is 0 Å². The van der Waals surface area contributed by atoms with Crippen LogP contribution in [0.4, 0.5) is 5.69 Å². The third kappa shape index (κ3) is 4.54. The summed E-state index contributed by atoms with van der Waals surface area (Å²) in [6.07, 6.45) is -0.499. The van der Waals surface area contributed by atoms with Crippen molar-refractivity contribution in [1.29, 1.82) is 0 Å². The molecule has 2 atom stereocenters. The molecule has 1 amide bonds. The Labute approximate surface area is 168 Å². The Morgan fingerprint density at radius 1 is 1.00 bits per heavy atom. The molecule has 1 unspecified atom stereocenters. The number of amides is 1. The van der Waals surface area contributed by atoms with E-state index in [1.807, 2.05) is 55.5 Å². The van der Waals surface area contributed by atoms with Gasteiger partial charge in [-0.2, -0.15) is 0 Å². The van der Waals surface area contributed by atoms with E-state index >= 15 is 0 Å². The van der Waals surface area contributed by atoms with Crippen LogP contribution in [0, 0.1) is 0 Å². The maximum atomic E-state index is 12.4. The Morgan fingerprint density at radius 3 is 2.11 bits per heavy atom. The summed E-state index contributed by atoms with van der Waals surface area (Å²) in [5.41, 5.74) is 2.01. The van der Waals surface area contributed by atoms with Crippen molar-refractivity contribution in [2.45, 2.75) is 25.4 Å². The van der Waals surface area contributed by atoms with Crippen LogP contribution in [0.3, 0.4) is 0 Å². The van der Waals surface area contributed by atoms with Gasteiger partial charge in [0.25, 0.3) is 0 Å². The van der Waals surface area contributed by atoms with Crippen molar-refractivity contribution in [1.82, 2.24) is 4.90 Å². The molecule has 0 radical (unpaired) electrons. The van der Waals surface area contributed by atoms with E-state index in [-0.39, 0.29) is 18.0 Å². The maximum absolute atomic E-state index is 12.4. The van der Waals surface area contributed by atoms with Crippen LogP contribution in [-0.4, -0.2) is 41.0 Å². The molecular formula is C20H20Cl2N2O3. The SMILES string of the molecule is C[C@H]1CN(C(=O)CC(=O)O)CC(c2ccc(Cl)cc2)N1c1ccc(Cl)cc1. The fraction of sp³-hybridized carbons (Fsp3) is 0.300. The van der Waals surface area contributed by atoms with Gasteiger partial charge in [0.2, 0.25) is 5.91 Å². The Morgan fingerprint density at radius 2 is 1.56 bits per heavy atom. The fourth-order valence-electron chi connectivity index (χ4n) is 3.53. The van der Waals surface area contributed by atoms with Crippen LogP contribution >= 0.6 is 23.2 Å². The summed E-state index contributed by atoms with van der Waals surface area (Å²) in [4.78, 5) is 27.2. The number of nitrogens with zero attached hydrogens (tertiary/aromatic N) is 2. The minimum Gasteiger partial charge on any atom is -0.481 e. The minimum absolute atomic E-state index is 0.00153. The number of carbonyl (C=O) groups is 2. The normalized spacial score (nSPS) is 19.8. The highest BCUT2D eigenvalue weighted by Crippen LogP contribution is 2.35. The van der Waals surface area contributed by atoms with Gasteiger partial charge in [0.05, 0.1) is 6.04 Å². The summed E-state index contributed by atoms with van der Waals surface area (Å²) in [5.74, 6) is -1.49. The lowest BCUT2D eigenvalue weighted by molar-refractivity contribution is -0.144. The largest absolute Gasteiger partial charge is 0.481 e. The summed E-state index contributed by atoms with van der Waals surface area (Å²) in [6, 6.07) is 15.0. The molecule has 1 fully saturated rings. The maximum Gasteiger partial charge on any atom is 0.312 e. The average molecular weight is 407 g/mol. The number of rotatable bonds is 4. The second-order valence-electron chi connectivity index (χ2n) is 6.67. The zero-order chi connectivity index (χ0) is 19.6. The zero-order valence-corrected chi connectivity index (χ0v) is 16.3. The topological polar surface area (TPSA) is 60.9 Å². The summed E-state index contributed by atoms with van der Waals surface area (Å²) in [7, 11) is 0. The molecule has 1 heterocycles. The van der Waals surface area contributed by atoms with Crippen molar-refractivity contribution in [2.24, 2.45) is 0 Å². The summed E-state index contributed by atoms with van der Waals surface area (Å²) in [6.45, 7) is 2.89. The number of benzene rings is 2. The first kappa shape index (κ1) is 19.5. The van der Waals surface area contributed by atoms with Crippen LogP contribution in [0.5, 0.6) is 0 Å². The van der Waals surface area contributed by atoms with Crippen molar-refractivity contribution >= 4 is 40.8 Å². The van der Waals surface area contributed by atoms with E-state index < -0.39 is 12.4 Å². The smallest absolute Gasteiger partial charge is 0.312 e. The first-order valence-electron chi connectivity index (χ1n) is 8.64. The number of carboxylic acid groups (broad SMARTS) is 1. The van der Waals surface area contributed by atoms with E-state index in [2.05, 4.69) is 4.90 Å². The third-order valence-electron chi connectivity index (χ3n) is 4.72. The van der Waals surface area contributed by atoms with E-state index in [4.69, 9.17) is 28.3 Å².